The average molecular weight is 456 g/mol. The van der Waals surface area contributed by atoms with Crippen LogP contribution < -0.4 is 4.74 Å². The van der Waals surface area contributed by atoms with Crippen molar-refractivity contribution >= 4 is 0 Å². The van der Waals surface area contributed by atoms with Gasteiger partial charge in [0.15, 0.2) is 6.79 Å². The second kappa shape index (κ2) is 17.9. The second-order valence-electron chi connectivity index (χ2n) is 5.49. The Hall–Kier alpha value is -2.87. The maximum Gasteiger partial charge on any atom is 0 e. The van der Waals surface area contributed by atoms with Gasteiger partial charge in [-0.15, -0.1) is 0 Å². The van der Waals surface area contributed by atoms with Crippen LogP contribution in [0.2, 0.25) is 0 Å². The molecular weight excluding hydrogens is 436 g/mol. The zero-order chi connectivity index (χ0) is 22.8. The van der Waals surface area contributed by atoms with Crippen molar-refractivity contribution in [3.05, 3.63) is 122 Å². The number of hydrogen-bond donors (Lipinski definition) is 1. The summed E-state index contributed by atoms with van der Waals surface area (Å²) in [6.07, 6.45) is 0. The fourth-order valence-electron chi connectivity index (χ4n) is 2.85. The van der Waals surface area contributed by atoms with Crippen LogP contribution in [0.15, 0.2) is 84.9 Å². The molecule has 3 rings (SSSR count). The molecule has 0 aliphatic rings. The average Bonchev–Trinajstić information content (AvgIpc) is 2.87. The first-order valence-electron chi connectivity index (χ1n) is 8.42. The predicted molar refractivity (Wildman–Crippen MR) is 106 cm³/mol. The van der Waals surface area contributed by atoms with Gasteiger partial charge in [-0.1, -0.05) is 78.9 Å². The van der Waals surface area contributed by atoms with Gasteiger partial charge in [-0.25, -0.2) is 0 Å². The van der Waals surface area contributed by atoms with E-state index in [2.05, 4.69) is 20.0 Å². The summed E-state index contributed by atoms with van der Waals surface area (Å²) in [5, 5.41) is 11.8. The molecule has 7 heteroatoms. The molecule has 0 saturated heterocycles. The van der Waals surface area contributed by atoms with E-state index in [0.29, 0.717) is 11.3 Å². The van der Waals surface area contributed by atoms with E-state index in [4.69, 9.17) is 23.4 Å². The van der Waals surface area contributed by atoms with Crippen molar-refractivity contribution < 1.29 is 45.9 Å². The molecule has 31 heavy (non-hydrogen) atoms. The molecule has 3 aromatic carbocycles. The maximum atomic E-state index is 11.8. The SMILES string of the molecule is COCOc1ccccc1C(O)(c1ccccc1)c1ccccc1.[C-]#[O+].[C-]#[O+].[C-]#[O+].[Cr]. The van der Waals surface area contributed by atoms with Gasteiger partial charge in [0.25, 0.3) is 0 Å². The van der Waals surface area contributed by atoms with Crippen molar-refractivity contribution in [1.82, 2.24) is 0 Å². The number of methoxy groups -OCH3 is 1. The third-order valence-corrected chi connectivity index (χ3v) is 3.99. The molecule has 0 bridgehead atoms. The Morgan fingerprint density at radius 2 is 1.10 bits per heavy atom. The van der Waals surface area contributed by atoms with Crippen LogP contribution in [0.3, 0.4) is 0 Å². The van der Waals surface area contributed by atoms with Crippen molar-refractivity contribution in [1.29, 1.82) is 0 Å². The fourth-order valence-corrected chi connectivity index (χ4v) is 2.85. The van der Waals surface area contributed by atoms with E-state index in [0.717, 1.165) is 11.1 Å². The van der Waals surface area contributed by atoms with E-state index < -0.39 is 5.60 Å². The number of ether oxygens (including phenoxy) is 2. The maximum absolute atomic E-state index is 11.8. The zero-order valence-electron chi connectivity index (χ0n) is 16.7. The van der Waals surface area contributed by atoms with Crippen molar-refractivity contribution in [3.8, 4) is 5.75 Å². The third-order valence-electron chi connectivity index (χ3n) is 3.99. The largest absolute Gasteiger partial charge is 0 e. The smallest absolute Gasteiger partial charge is 0 e. The molecule has 0 fully saturated rings. The van der Waals surface area contributed by atoms with Crippen molar-refractivity contribution in [2.45, 2.75) is 5.60 Å². The van der Waals surface area contributed by atoms with E-state index >= 15 is 0 Å². The van der Waals surface area contributed by atoms with Crippen LogP contribution in [0.4, 0.5) is 0 Å². The van der Waals surface area contributed by atoms with Crippen LogP contribution in [-0.2, 0) is 41.7 Å². The molecule has 0 unspecified atom stereocenters. The van der Waals surface area contributed by atoms with Gasteiger partial charge in [0.05, 0.1) is 0 Å². The Morgan fingerprint density at radius 1 is 0.710 bits per heavy atom. The molecule has 6 nitrogen and oxygen atoms in total. The first kappa shape index (κ1) is 30.3. The minimum atomic E-state index is -1.31. The van der Waals surface area contributed by atoms with Crippen LogP contribution in [0, 0.1) is 20.0 Å². The van der Waals surface area contributed by atoms with Crippen molar-refractivity contribution in [3.63, 3.8) is 0 Å². The summed E-state index contributed by atoms with van der Waals surface area (Å²) in [4.78, 5) is 0. The van der Waals surface area contributed by atoms with E-state index in [1.54, 1.807) is 7.11 Å². The normalized spacial score (nSPS) is 8.90. The summed E-state index contributed by atoms with van der Waals surface area (Å²) in [6.45, 7) is 13.6. The number of hydrogen-bond acceptors (Lipinski definition) is 3. The molecule has 0 radical (unpaired) electrons. The topological polar surface area (TPSA) is 98.4 Å². The van der Waals surface area contributed by atoms with Gasteiger partial charge in [-0.2, -0.15) is 0 Å². The number of aliphatic hydroxyl groups is 1. The molecule has 0 aromatic heterocycles. The fraction of sp³-hybridized carbons (Fsp3) is 0.125. The number of para-hydroxylation sites is 1. The van der Waals surface area contributed by atoms with Crippen LogP contribution in [0.1, 0.15) is 16.7 Å². The molecule has 0 spiro atoms. The molecule has 3 aromatic rings. The molecule has 0 aliphatic carbocycles. The molecule has 0 amide bonds. The predicted octanol–water partition coefficient (Wildman–Crippen LogP) is 3.84. The summed E-state index contributed by atoms with van der Waals surface area (Å²) in [5.74, 6) is 0.592. The van der Waals surface area contributed by atoms with Gasteiger partial charge in [-0.3, -0.25) is 0 Å². The molecule has 0 atom stereocenters. The standard InChI is InChI=1S/C21H20O3.3CO.Cr/c1-23-16-24-20-15-9-8-14-19(20)21(22,17-10-4-2-5-11-17)18-12-6-3-7-13-18;3*1-2;/h2-15,22H,16H2,1H3;;;;. The molecule has 0 aliphatic heterocycles. The third kappa shape index (κ3) is 8.05. The Bertz CT molecular complexity index is 854. The quantitative estimate of drug-likeness (QED) is 0.264. The summed E-state index contributed by atoms with van der Waals surface area (Å²) in [7, 11) is 1.57. The monoisotopic (exact) mass is 456 g/mol. The Morgan fingerprint density at radius 3 is 1.52 bits per heavy atom. The Labute approximate surface area is 192 Å². The van der Waals surface area contributed by atoms with Crippen molar-refractivity contribution in [2.24, 2.45) is 0 Å². The van der Waals surface area contributed by atoms with Crippen LogP contribution in [0.25, 0.3) is 0 Å². The Kier molecular flexibility index (Phi) is 17.6. The van der Waals surface area contributed by atoms with Gasteiger partial charge >= 0.3 is 33.9 Å². The van der Waals surface area contributed by atoms with E-state index in [9.17, 15) is 5.11 Å². The van der Waals surface area contributed by atoms with Gasteiger partial charge in [0.2, 0.25) is 0 Å². The van der Waals surface area contributed by atoms with Crippen LogP contribution >= 0.6 is 0 Å². The molecular formula is C24H20CrO6. The molecule has 0 heterocycles. The molecule has 158 valence electrons. The van der Waals surface area contributed by atoms with E-state index in [-0.39, 0.29) is 24.2 Å². The summed E-state index contributed by atoms with van der Waals surface area (Å²) >= 11 is 0. The van der Waals surface area contributed by atoms with Crippen LogP contribution in [-0.4, -0.2) is 19.0 Å². The van der Waals surface area contributed by atoms with Crippen LogP contribution in [0.5, 0.6) is 5.75 Å². The van der Waals surface area contributed by atoms with Gasteiger partial charge < -0.3 is 14.6 Å². The van der Waals surface area contributed by atoms with Gasteiger partial charge in [0, 0.05) is 30.0 Å². The van der Waals surface area contributed by atoms with Gasteiger partial charge in [-0.05, 0) is 17.2 Å². The zero-order valence-corrected chi connectivity index (χ0v) is 18.0. The first-order chi connectivity index (χ1) is 14.8. The minimum absolute atomic E-state index is 0. The second-order valence-corrected chi connectivity index (χ2v) is 5.49. The molecule has 1 N–H and O–H groups in total. The number of benzene rings is 3. The Balaban J connectivity index is 0. The van der Waals surface area contributed by atoms with E-state index in [1.807, 2.05) is 84.9 Å². The van der Waals surface area contributed by atoms with Crippen molar-refractivity contribution in [2.75, 3.05) is 13.9 Å². The summed E-state index contributed by atoms with van der Waals surface area (Å²) in [6, 6.07) is 26.7. The minimum Gasteiger partial charge on any atom is 0 e. The molecule has 0 saturated carbocycles. The van der Waals surface area contributed by atoms with Gasteiger partial charge in [0.1, 0.15) is 11.4 Å². The van der Waals surface area contributed by atoms with E-state index in [1.165, 1.54) is 0 Å². The number of rotatable bonds is 6. The first-order valence-corrected chi connectivity index (χ1v) is 8.42. The summed E-state index contributed by atoms with van der Waals surface area (Å²) in [5.41, 5.74) is 0.932. The summed E-state index contributed by atoms with van der Waals surface area (Å²) < 4.78 is 33.2.